The summed E-state index contributed by atoms with van der Waals surface area (Å²) in [6.45, 7) is 7.36. The van der Waals surface area contributed by atoms with Crippen molar-refractivity contribution in [2.75, 3.05) is 14.7 Å². The number of fused-ring (bicyclic) bond motifs is 6. The van der Waals surface area contributed by atoms with E-state index >= 15 is 4.79 Å². The van der Waals surface area contributed by atoms with E-state index in [0.29, 0.717) is 45.3 Å². The summed E-state index contributed by atoms with van der Waals surface area (Å²) < 4.78 is 34.4. The molecule has 5 heterocycles. The van der Waals surface area contributed by atoms with Crippen molar-refractivity contribution in [3.63, 3.8) is 0 Å². The predicted molar refractivity (Wildman–Crippen MR) is 245 cm³/mol. The van der Waals surface area contributed by atoms with E-state index in [0.717, 1.165) is 71.3 Å². The smallest absolute Gasteiger partial charge is 0.340 e. The number of carbonyl (C=O) groups is 1. The quantitative estimate of drug-likeness (QED) is 0.168. The molecule has 0 spiro atoms. The first-order valence-electron chi connectivity index (χ1n) is 21.1. The number of rotatable bonds is 4. The van der Waals surface area contributed by atoms with Gasteiger partial charge < -0.3 is 8.83 Å². The maximum atomic E-state index is 16.4. The number of hydrogen-bond acceptors (Lipinski definition) is 4. The number of urea groups is 1. The molecule has 8 heteroatoms. The second kappa shape index (κ2) is 12.4. The van der Waals surface area contributed by atoms with Gasteiger partial charge >= 0.3 is 6.03 Å². The Hall–Kier alpha value is -7.18. The number of benzene rings is 7. The molecule has 0 aliphatic carbocycles. The van der Waals surface area contributed by atoms with Crippen molar-refractivity contribution in [1.29, 1.82) is 0 Å². The summed E-state index contributed by atoms with van der Waals surface area (Å²) in [7, 11) is 0. The first-order chi connectivity index (χ1) is 29.7. The fraction of sp³-hybridized carbons (Fsp3) is 0.0784. The highest BCUT2D eigenvalue weighted by Crippen LogP contribution is 2.47. The lowest BCUT2D eigenvalue weighted by molar-refractivity contribution is 0.252. The Balaban J connectivity index is 1.25. The molecule has 0 unspecified atom stereocenters. The Kier molecular flexibility index (Phi) is 6.70. The summed E-state index contributed by atoms with van der Waals surface area (Å²) in [5, 5.41) is 3.58. The van der Waals surface area contributed by atoms with Crippen molar-refractivity contribution in [2.45, 2.75) is 27.7 Å². The molecule has 0 saturated carbocycles. The van der Waals surface area contributed by atoms with E-state index in [1.165, 1.54) is 0 Å². The number of amides is 2. The predicted octanol–water partition coefficient (Wildman–Crippen LogP) is 9.68. The standard InChI is InChI=1S/C51H37B2N3O3/c1-30-14-9-15-31(2)46(30)52-28-44-54(40-24-11-20-36-34-18-5-7-26-42(34)58-49(36)40)51(57)55(41-25-12-21-37-35-19-6-8-27-43(35)59-50(37)41)45-29-53(47-32(3)16-10-17-33(47)4)39-23-13-22-38(52)48(39)56(44)45/h5-29H,1-4H3/i28D,29D. The number of anilines is 3. The van der Waals surface area contributed by atoms with Gasteiger partial charge in [0.15, 0.2) is 11.2 Å². The second-order valence-electron chi connectivity index (χ2n) is 16.0. The van der Waals surface area contributed by atoms with Gasteiger partial charge in [-0.25, -0.2) is 14.6 Å². The SMILES string of the molecule is [2H]C1=C2N3C(=C([2H])B(c4c(C)cccc4C)c4cccc(c43)B1c1c(C)cccc1C)N(c1cccc3c1oc1ccccc13)C(=O)N2c1cccc2c1oc1ccccc12. The first kappa shape index (κ1) is 31.9. The van der Waals surface area contributed by atoms with Crippen LogP contribution in [-0.2, 0) is 0 Å². The molecule has 280 valence electrons. The average Bonchev–Trinajstić information content (AvgIpc) is 3.84. The minimum absolute atomic E-state index is 0.251. The minimum Gasteiger partial charge on any atom is -0.454 e. The molecule has 0 bridgehead atoms. The molecule has 1 saturated heterocycles. The van der Waals surface area contributed by atoms with Crippen molar-refractivity contribution < 1.29 is 16.4 Å². The van der Waals surface area contributed by atoms with E-state index in [1.54, 1.807) is 9.80 Å². The Morgan fingerprint density at radius 1 is 0.458 bits per heavy atom. The summed E-state index contributed by atoms with van der Waals surface area (Å²) in [5.41, 5.74) is 12.5. The molecule has 0 N–H and O–H groups in total. The van der Waals surface area contributed by atoms with E-state index in [1.807, 2.05) is 89.8 Å². The fourth-order valence-electron chi connectivity index (χ4n) is 10.0. The molecule has 12 rings (SSSR count). The Bertz CT molecular complexity index is 3220. The number of furan rings is 2. The summed E-state index contributed by atoms with van der Waals surface area (Å²) >= 11 is 0. The van der Waals surface area contributed by atoms with Crippen molar-refractivity contribution >= 4 is 102 Å². The average molecular weight is 764 g/mol. The topological polar surface area (TPSA) is 53.1 Å². The van der Waals surface area contributed by atoms with Gasteiger partial charge in [0.2, 0.25) is 13.4 Å². The van der Waals surface area contributed by atoms with Gasteiger partial charge in [0, 0.05) is 27.2 Å². The summed E-state index contributed by atoms with van der Waals surface area (Å²) in [4.78, 5) is 21.7. The van der Waals surface area contributed by atoms with Gasteiger partial charge in [0.05, 0.1) is 14.1 Å². The van der Waals surface area contributed by atoms with Crippen molar-refractivity contribution in [3.05, 3.63) is 185 Å². The van der Waals surface area contributed by atoms with Gasteiger partial charge in [-0.1, -0.05) is 160 Å². The zero-order chi connectivity index (χ0) is 41.4. The highest BCUT2D eigenvalue weighted by atomic mass is 16.3. The lowest BCUT2D eigenvalue weighted by atomic mass is 9.33. The van der Waals surface area contributed by atoms with E-state index in [4.69, 9.17) is 8.83 Å². The summed E-state index contributed by atoms with van der Waals surface area (Å²) in [5.74, 6) is 1.25. The zero-order valence-electron chi connectivity index (χ0n) is 35.0. The van der Waals surface area contributed by atoms with Gasteiger partial charge in [0.1, 0.15) is 22.8 Å². The molecule has 3 aliphatic rings. The molecule has 59 heavy (non-hydrogen) atoms. The second-order valence-corrected chi connectivity index (χ2v) is 16.0. The number of carbonyl (C=O) groups excluding carboxylic acids is 1. The van der Waals surface area contributed by atoms with E-state index in [-0.39, 0.29) is 11.9 Å². The third-order valence-electron chi connectivity index (χ3n) is 12.6. The van der Waals surface area contributed by atoms with Crippen LogP contribution in [0.15, 0.2) is 172 Å². The lowest BCUT2D eigenvalue weighted by Gasteiger charge is -2.51. The number of aryl methyl sites for hydroxylation is 4. The van der Waals surface area contributed by atoms with E-state index < -0.39 is 19.5 Å². The third kappa shape index (κ3) is 4.68. The van der Waals surface area contributed by atoms with Crippen LogP contribution in [0.2, 0.25) is 0 Å². The van der Waals surface area contributed by atoms with Gasteiger partial charge in [-0.05, 0) is 62.9 Å². The largest absolute Gasteiger partial charge is 0.454 e. The lowest BCUT2D eigenvalue weighted by Crippen LogP contribution is -2.65. The fourth-order valence-corrected chi connectivity index (χ4v) is 10.0. The normalized spacial score (nSPS) is 15.7. The summed E-state index contributed by atoms with van der Waals surface area (Å²) in [6, 6.07) is 45.9. The maximum absolute atomic E-state index is 16.4. The molecule has 9 aromatic rings. The van der Waals surface area contributed by atoms with Crippen molar-refractivity contribution in [3.8, 4) is 0 Å². The molecular weight excluding hydrogens is 724 g/mol. The molecule has 0 radical (unpaired) electrons. The Morgan fingerprint density at radius 2 is 0.847 bits per heavy atom. The van der Waals surface area contributed by atoms with Gasteiger partial charge in [-0.2, -0.15) is 0 Å². The highest BCUT2D eigenvalue weighted by Gasteiger charge is 2.50. The maximum Gasteiger partial charge on any atom is 0.340 e. The molecule has 0 atom stereocenters. The van der Waals surface area contributed by atoms with Crippen LogP contribution in [0.4, 0.5) is 21.9 Å². The Morgan fingerprint density at radius 3 is 1.31 bits per heavy atom. The number of para-hydroxylation sites is 5. The molecule has 7 aromatic carbocycles. The van der Waals surface area contributed by atoms with Crippen LogP contribution in [0.3, 0.4) is 0 Å². The zero-order valence-corrected chi connectivity index (χ0v) is 33.0. The number of nitrogens with zero attached hydrogens (tertiary/aromatic N) is 3. The highest BCUT2D eigenvalue weighted by molar-refractivity contribution is 6.95. The van der Waals surface area contributed by atoms with Crippen LogP contribution >= 0.6 is 0 Å². The molecule has 2 amide bonds. The van der Waals surface area contributed by atoms with Gasteiger partial charge in [-0.15, -0.1) is 0 Å². The van der Waals surface area contributed by atoms with Gasteiger partial charge in [0.25, 0.3) is 0 Å². The van der Waals surface area contributed by atoms with Gasteiger partial charge in [-0.3, -0.25) is 4.90 Å². The molecule has 3 aliphatic heterocycles. The van der Waals surface area contributed by atoms with Crippen LogP contribution in [-0.4, -0.2) is 19.5 Å². The minimum atomic E-state index is -0.523. The van der Waals surface area contributed by atoms with Crippen LogP contribution in [0.5, 0.6) is 0 Å². The van der Waals surface area contributed by atoms with Crippen LogP contribution in [0, 0.1) is 27.7 Å². The van der Waals surface area contributed by atoms with Crippen LogP contribution in [0.1, 0.15) is 25.0 Å². The first-order valence-corrected chi connectivity index (χ1v) is 20.1. The molecular formula is C51H37B2N3O3. The van der Waals surface area contributed by atoms with E-state index in [2.05, 4.69) is 82.3 Å². The Labute approximate surface area is 345 Å². The molecule has 6 nitrogen and oxygen atoms in total. The van der Waals surface area contributed by atoms with Crippen molar-refractivity contribution in [1.82, 2.24) is 0 Å². The van der Waals surface area contributed by atoms with Crippen LogP contribution in [0.25, 0.3) is 43.9 Å². The molecule has 1 fully saturated rings. The number of hydrogen-bond donors (Lipinski definition) is 0. The van der Waals surface area contributed by atoms with Crippen molar-refractivity contribution in [2.24, 2.45) is 0 Å². The van der Waals surface area contributed by atoms with Crippen LogP contribution < -0.4 is 36.6 Å². The van der Waals surface area contributed by atoms with E-state index in [9.17, 15) is 2.74 Å². The monoisotopic (exact) mass is 763 g/mol. The summed E-state index contributed by atoms with van der Waals surface area (Å²) in [6.07, 6.45) is 0. The third-order valence-corrected chi connectivity index (χ3v) is 12.6. The molecule has 2 aromatic heterocycles.